The van der Waals surface area contributed by atoms with E-state index in [-0.39, 0.29) is 67.0 Å². The van der Waals surface area contributed by atoms with Crippen LogP contribution >= 0.6 is 11.3 Å². The maximum atomic E-state index is 14.7. The second-order valence-corrected chi connectivity index (χ2v) is 14.7. The van der Waals surface area contributed by atoms with Gasteiger partial charge in [-0.05, 0) is 80.3 Å². The average molecular weight is 749 g/mol. The number of carbonyl (C=O) groups excluding carboxylic acids is 6. The number of hydrogen-bond acceptors (Lipinski definition) is 10. The number of carbonyl (C=O) groups is 6. The molecular formula is C39H33FN6O7S. The van der Waals surface area contributed by atoms with Crippen molar-refractivity contribution < 1.29 is 37.9 Å². The van der Waals surface area contributed by atoms with Crippen molar-refractivity contribution in [2.45, 2.75) is 45.1 Å². The fraction of sp³-hybridized carbons (Fsp3) is 0.256. The van der Waals surface area contributed by atoms with Crippen molar-refractivity contribution >= 4 is 68.5 Å². The molecule has 5 amide bonds. The normalized spacial score (nSPS) is 16.8. The van der Waals surface area contributed by atoms with Crippen LogP contribution in [0.2, 0.25) is 0 Å². The number of hydrogen-bond donors (Lipinski definition) is 3. The molecule has 2 aromatic heterocycles. The predicted octanol–water partition coefficient (Wildman–Crippen LogP) is 5.34. The number of halogens is 1. The summed E-state index contributed by atoms with van der Waals surface area (Å²) in [7, 11) is 0. The third-order valence-electron chi connectivity index (χ3n) is 9.66. The van der Waals surface area contributed by atoms with E-state index < -0.39 is 35.5 Å². The first-order chi connectivity index (χ1) is 26.0. The molecule has 13 nitrogen and oxygen atoms in total. The molecule has 0 bridgehead atoms. The van der Waals surface area contributed by atoms with Crippen LogP contribution in [0.3, 0.4) is 0 Å². The largest absolute Gasteiger partial charge is 0.489 e. The molecule has 5 aromatic rings. The highest BCUT2D eigenvalue weighted by atomic mass is 32.1. The number of rotatable bonds is 11. The molecule has 1 unspecified atom stereocenters. The first-order valence-electron chi connectivity index (χ1n) is 17.5. The van der Waals surface area contributed by atoms with Gasteiger partial charge in [0.05, 0.1) is 28.8 Å². The summed E-state index contributed by atoms with van der Waals surface area (Å²) in [6.45, 7) is 2.17. The van der Waals surface area contributed by atoms with Gasteiger partial charge in [-0.2, -0.15) is 0 Å². The second-order valence-electron chi connectivity index (χ2n) is 13.5. The number of imide groups is 2. The number of amides is 5. The van der Waals surface area contributed by atoms with Crippen molar-refractivity contribution in [3.63, 3.8) is 0 Å². The fourth-order valence-corrected chi connectivity index (χ4v) is 7.63. The zero-order chi connectivity index (χ0) is 37.7. The molecular weight excluding hydrogens is 716 g/mol. The molecule has 4 heterocycles. The van der Waals surface area contributed by atoms with Gasteiger partial charge in [-0.15, -0.1) is 11.3 Å². The van der Waals surface area contributed by atoms with Crippen LogP contribution in [-0.2, 0) is 20.8 Å². The lowest BCUT2D eigenvalue weighted by Gasteiger charge is -2.27. The van der Waals surface area contributed by atoms with Crippen molar-refractivity contribution in [2.24, 2.45) is 5.92 Å². The molecule has 1 aliphatic carbocycles. The van der Waals surface area contributed by atoms with Gasteiger partial charge in [0.25, 0.3) is 11.8 Å². The maximum absolute atomic E-state index is 14.7. The number of anilines is 2. The topological polar surface area (TPSA) is 169 Å². The summed E-state index contributed by atoms with van der Waals surface area (Å²) in [5, 5.41) is 9.46. The number of nitrogens with one attached hydrogen (secondary N) is 3. The molecule has 274 valence electrons. The van der Waals surface area contributed by atoms with Crippen LogP contribution in [0.5, 0.6) is 5.75 Å². The van der Waals surface area contributed by atoms with Gasteiger partial charge in [-0.1, -0.05) is 12.1 Å². The molecule has 1 saturated carbocycles. The Bertz CT molecular complexity index is 2420. The van der Waals surface area contributed by atoms with Gasteiger partial charge in [0.1, 0.15) is 12.6 Å². The number of nitrogens with zero attached hydrogens (tertiary/aromatic N) is 3. The summed E-state index contributed by atoms with van der Waals surface area (Å²) in [4.78, 5) is 82.0. The fourth-order valence-electron chi connectivity index (χ4n) is 6.78. The lowest BCUT2D eigenvalue weighted by Crippen LogP contribution is -2.54. The van der Waals surface area contributed by atoms with E-state index in [1.54, 1.807) is 10.6 Å². The molecule has 15 heteroatoms. The lowest BCUT2D eigenvalue weighted by atomic mass is 10.0. The van der Waals surface area contributed by atoms with Crippen LogP contribution in [0.25, 0.3) is 22.2 Å². The Labute approximate surface area is 311 Å². The summed E-state index contributed by atoms with van der Waals surface area (Å²) in [6, 6.07) is 15.5. The number of benzene rings is 3. The number of aromatic nitrogens is 2. The summed E-state index contributed by atoms with van der Waals surface area (Å²) in [6.07, 6.45) is 3.72. The smallest absolute Gasteiger partial charge is 0.262 e. The number of thiazole rings is 1. The Morgan fingerprint density at radius 1 is 0.981 bits per heavy atom. The standard InChI is InChI=1S/C39H33FN6O7S/c1-20-34(24-5-9-29-23(18-24)12-14-45(29)36(50)22-3-4-22)44-39(54-20)43-33(48)17-21-2-8-28(40)31(16-21)53-15-13-41-25-6-7-26-27(19-25)38(52)46(37(26)51)30-10-11-32(47)42-35(30)49/h2,5-9,12,14,16,18-19,22,30,41H,3-4,10-11,13,15,17H2,1H3,(H,42,47,49)(H,43,44,48). The van der Waals surface area contributed by atoms with E-state index in [1.807, 2.05) is 37.4 Å². The Hall–Kier alpha value is -6.22. The van der Waals surface area contributed by atoms with Crippen LogP contribution in [0.15, 0.2) is 66.9 Å². The molecule has 8 rings (SSSR count). The minimum Gasteiger partial charge on any atom is -0.489 e. The van der Waals surface area contributed by atoms with Crippen molar-refractivity contribution in [3.05, 3.63) is 94.2 Å². The van der Waals surface area contributed by atoms with Crippen LogP contribution in [-0.4, -0.2) is 69.1 Å². The number of ether oxygens (including phenoxy) is 1. The van der Waals surface area contributed by atoms with E-state index in [4.69, 9.17) is 4.74 Å². The molecule has 1 atom stereocenters. The van der Waals surface area contributed by atoms with Crippen LogP contribution < -0.4 is 20.7 Å². The Kier molecular flexibility index (Phi) is 9.01. The maximum Gasteiger partial charge on any atom is 0.262 e. The average Bonchev–Trinajstić information content (AvgIpc) is 3.75. The van der Waals surface area contributed by atoms with Crippen molar-refractivity contribution in [3.8, 4) is 17.0 Å². The van der Waals surface area contributed by atoms with E-state index in [1.165, 1.54) is 41.7 Å². The quantitative estimate of drug-likeness (QED) is 0.119. The second kappa shape index (κ2) is 14.0. The molecule has 2 aliphatic heterocycles. The highest BCUT2D eigenvalue weighted by molar-refractivity contribution is 7.16. The molecule has 0 spiro atoms. The van der Waals surface area contributed by atoms with E-state index in [2.05, 4.69) is 20.9 Å². The summed E-state index contributed by atoms with van der Waals surface area (Å²) in [5.74, 6) is -3.08. The predicted molar refractivity (Wildman–Crippen MR) is 197 cm³/mol. The van der Waals surface area contributed by atoms with Gasteiger partial charge in [0.2, 0.25) is 23.6 Å². The van der Waals surface area contributed by atoms with E-state index in [0.717, 1.165) is 44.8 Å². The van der Waals surface area contributed by atoms with Crippen molar-refractivity contribution in [2.75, 3.05) is 23.8 Å². The van der Waals surface area contributed by atoms with E-state index in [0.29, 0.717) is 16.4 Å². The molecule has 3 aromatic carbocycles. The zero-order valence-corrected chi connectivity index (χ0v) is 29.8. The van der Waals surface area contributed by atoms with E-state index >= 15 is 0 Å². The minimum absolute atomic E-state index is 0.0291. The molecule has 0 radical (unpaired) electrons. The van der Waals surface area contributed by atoms with Crippen LogP contribution in [0.1, 0.15) is 61.6 Å². The Morgan fingerprint density at radius 2 is 1.80 bits per heavy atom. The van der Waals surface area contributed by atoms with Gasteiger partial charge in [-0.25, -0.2) is 9.37 Å². The first-order valence-corrected chi connectivity index (χ1v) is 18.3. The SMILES string of the molecule is Cc1sc(NC(=O)Cc2ccc(F)c(OCCNc3ccc4c(c3)C(=O)N(C3CCC(=O)NC3=O)C4=O)c2)nc1-c1ccc2c(ccn2C(=O)C2CC2)c1. The Balaban J connectivity index is 0.851. The molecule has 2 fully saturated rings. The summed E-state index contributed by atoms with van der Waals surface area (Å²) in [5.41, 5.74) is 3.79. The monoisotopic (exact) mass is 748 g/mol. The Morgan fingerprint density at radius 3 is 2.59 bits per heavy atom. The highest BCUT2D eigenvalue weighted by Gasteiger charge is 2.44. The number of fused-ring (bicyclic) bond motifs is 2. The van der Waals surface area contributed by atoms with Crippen molar-refractivity contribution in [1.82, 2.24) is 19.8 Å². The molecule has 54 heavy (non-hydrogen) atoms. The summed E-state index contributed by atoms with van der Waals surface area (Å²) >= 11 is 1.35. The molecule has 1 saturated heterocycles. The molecule has 3 N–H and O–H groups in total. The number of aryl methyl sites for hydroxylation is 1. The van der Waals surface area contributed by atoms with Gasteiger partial charge in [0, 0.05) is 46.6 Å². The number of piperidine rings is 1. The third kappa shape index (κ3) is 6.73. The van der Waals surface area contributed by atoms with Gasteiger partial charge >= 0.3 is 0 Å². The summed E-state index contributed by atoms with van der Waals surface area (Å²) < 4.78 is 22.1. The van der Waals surface area contributed by atoms with Crippen molar-refractivity contribution in [1.29, 1.82) is 0 Å². The van der Waals surface area contributed by atoms with E-state index in [9.17, 15) is 33.2 Å². The first kappa shape index (κ1) is 34.8. The van der Waals surface area contributed by atoms with Crippen LogP contribution in [0.4, 0.5) is 15.2 Å². The third-order valence-corrected chi connectivity index (χ3v) is 10.5. The van der Waals surface area contributed by atoms with Gasteiger partial charge < -0.3 is 15.4 Å². The van der Waals surface area contributed by atoms with Gasteiger partial charge in [-0.3, -0.25) is 43.6 Å². The minimum atomic E-state index is -1.06. The highest BCUT2D eigenvalue weighted by Crippen LogP contribution is 2.35. The molecule has 3 aliphatic rings. The van der Waals surface area contributed by atoms with Crippen LogP contribution in [0, 0.1) is 18.7 Å². The van der Waals surface area contributed by atoms with Gasteiger partial charge in [0.15, 0.2) is 16.7 Å². The zero-order valence-electron chi connectivity index (χ0n) is 28.9. The lowest BCUT2D eigenvalue weighted by molar-refractivity contribution is -0.136.